The lowest BCUT2D eigenvalue weighted by Gasteiger charge is -2.08. The van der Waals surface area contributed by atoms with Gasteiger partial charge in [0, 0.05) is 30.4 Å². The summed E-state index contributed by atoms with van der Waals surface area (Å²) >= 11 is 0. The molecule has 0 aliphatic rings. The van der Waals surface area contributed by atoms with Crippen molar-refractivity contribution in [3.63, 3.8) is 0 Å². The van der Waals surface area contributed by atoms with Gasteiger partial charge in [0.15, 0.2) is 11.6 Å². The first-order valence-electron chi connectivity index (χ1n) is 6.23. The zero-order valence-corrected chi connectivity index (χ0v) is 11.3. The highest BCUT2D eigenvalue weighted by atomic mass is 19.2. The minimum atomic E-state index is -1.08. The van der Waals surface area contributed by atoms with Crippen LogP contribution in [-0.4, -0.2) is 22.0 Å². The molecule has 0 atom stereocenters. The molecule has 5 nitrogen and oxygen atoms in total. The number of carbonyl (C=O) groups excluding carboxylic acids is 1. The number of amides is 1. The normalized spacial score (nSPS) is 10.4. The average molecular weight is 293 g/mol. The Balaban J connectivity index is 1.97. The van der Waals surface area contributed by atoms with Crippen LogP contribution in [0.1, 0.15) is 15.9 Å². The molecule has 2 rings (SSSR count). The molecule has 0 aliphatic heterocycles. The lowest BCUT2D eigenvalue weighted by atomic mass is 10.2. The van der Waals surface area contributed by atoms with Crippen molar-refractivity contribution in [1.82, 2.24) is 14.9 Å². The van der Waals surface area contributed by atoms with Gasteiger partial charge in [-0.15, -0.1) is 0 Å². The van der Waals surface area contributed by atoms with Crippen molar-refractivity contribution in [2.45, 2.75) is 13.5 Å². The number of hydrogen-bond acceptors (Lipinski definition) is 3. The molecule has 1 N–H and O–H groups in total. The van der Waals surface area contributed by atoms with Crippen molar-refractivity contribution in [3.8, 4) is 0 Å². The van der Waals surface area contributed by atoms with Crippen LogP contribution < -0.4 is 10.9 Å². The Hall–Kier alpha value is -2.57. The van der Waals surface area contributed by atoms with Crippen LogP contribution in [0, 0.1) is 18.6 Å². The van der Waals surface area contributed by atoms with Crippen molar-refractivity contribution in [1.29, 1.82) is 0 Å². The van der Waals surface area contributed by atoms with E-state index in [1.807, 2.05) is 0 Å². The molecule has 0 saturated heterocycles. The second kappa shape index (κ2) is 6.25. The lowest BCUT2D eigenvalue weighted by Crippen LogP contribution is -2.31. The van der Waals surface area contributed by atoms with E-state index in [-0.39, 0.29) is 24.2 Å². The Morgan fingerprint density at radius 1 is 1.33 bits per heavy atom. The van der Waals surface area contributed by atoms with E-state index >= 15 is 0 Å². The summed E-state index contributed by atoms with van der Waals surface area (Å²) in [5.41, 5.74) is 0.333. The minimum Gasteiger partial charge on any atom is -0.350 e. The molecule has 2 aromatic rings. The van der Waals surface area contributed by atoms with Gasteiger partial charge >= 0.3 is 0 Å². The number of hydrogen-bond donors (Lipinski definition) is 1. The molecule has 1 aromatic heterocycles. The van der Waals surface area contributed by atoms with E-state index in [1.54, 1.807) is 6.92 Å². The topological polar surface area (TPSA) is 64.0 Å². The fourth-order valence-electron chi connectivity index (χ4n) is 1.75. The molecule has 110 valence electrons. The van der Waals surface area contributed by atoms with Crippen molar-refractivity contribution in [2.24, 2.45) is 0 Å². The molecule has 21 heavy (non-hydrogen) atoms. The van der Waals surface area contributed by atoms with Gasteiger partial charge in [-0.25, -0.2) is 13.8 Å². The maximum Gasteiger partial charge on any atom is 0.256 e. The van der Waals surface area contributed by atoms with E-state index in [1.165, 1.54) is 23.2 Å². The molecule has 0 aliphatic carbocycles. The molecule has 0 saturated carbocycles. The molecule has 0 radical (unpaired) electrons. The Bertz CT molecular complexity index is 728. The van der Waals surface area contributed by atoms with Crippen LogP contribution in [-0.2, 0) is 6.54 Å². The molecule has 0 spiro atoms. The Morgan fingerprint density at radius 2 is 2.10 bits per heavy atom. The summed E-state index contributed by atoms with van der Waals surface area (Å²) in [6.07, 6.45) is 2.83. The highest BCUT2D eigenvalue weighted by Crippen LogP contribution is 2.08. The molecule has 0 bridgehead atoms. The maximum atomic E-state index is 13.0. The van der Waals surface area contributed by atoms with E-state index in [0.29, 0.717) is 5.56 Å². The third-order valence-corrected chi connectivity index (χ3v) is 2.89. The molecule has 0 unspecified atom stereocenters. The van der Waals surface area contributed by atoms with Crippen molar-refractivity contribution >= 4 is 5.91 Å². The number of aryl methyl sites for hydroxylation is 1. The summed E-state index contributed by atoms with van der Waals surface area (Å²) in [5.74, 6) is -2.63. The molecular formula is C14H13F2N3O2. The predicted octanol–water partition coefficient (Wildman–Crippen LogP) is 1.26. The van der Waals surface area contributed by atoms with Crippen LogP contribution in [0.4, 0.5) is 8.78 Å². The quantitative estimate of drug-likeness (QED) is 0.923. The first kappa shape index (κ1) is 14.8. The first-order chi connectivity index (χ1) is 9.99. The number of aromatic nitrogens is 2. The highest BCUT2D eigenvalue weighted by molar-refractivity contribution is 5.94. The molecule has 1 aromatic carbocycles. The van der Waals surface area contributed by atoms with Gasteiger partial charge in [0.2, 0.25) is 0 Å². The monoisotopic (exact) mass is 293 g/mol. The van der Waals surface area contributed by atoms with E-state index < -0.39 is 17.5 Å². The van der Waals surface area contributed by atoms with Gasteiger partial charge in [-0.3, -0.25) is 14.2 Å². The highest BCUT2D eigenvalue weighted by Gasteiger charge is 2.09. The third-order valence-electron chi connectivity index (χ3n) is 2.89. The number of rotatable bonds is 4. The first-order valence-corrected chi connectivity index (χ1v) is 6.23. The number of benzene rings is 1. The zero-order valence-electron chi connectivity index (χ0n) is 11.3. The molecule has 0 fully saturated rings. The molecule has 7 heteroatoms. The summed E-state index contributed by atoms with van der Waals surface area (Å²) in [7, 11) is 0. The fourth-order valence-corrected chi connectivity index (χ4v) is 1.75. The van der Waals surface area contributed by atoms with Crippen LogP contribution >= 0.6 is 0 Å². The van der Waals surface area contributed by atoms with Crippen LogP contribution in [0.2, 0.25) is 0 Å². The summed E-state index contributed by atoms with van der Waals surface area (Å²) in [4.78, 5) is 27.3. The summed E-state index contributed by atoms with van der Waals surface area (Å²) in [5, 5.41) is 2.53. The number of nitrogens with zero attached hydrogens (tertiary/aromatic N) is 2. The minimum absolute atomic E-state index is 0.0172. The Kier molecular flexibility index (Phi) is 4.42. The van der Waals surface area contributed by atoms with Gasteiger partial charge in [0.05, 0.1) is 6.33 Å². The number of halogens is 2. The summed E-state index contributed by atoms with van der Waals surface area (Å²) in [6, 6.07) is 2.90. The zero-order chi connectivity index (χ0) is 15.4. The molecule has 1 amide bonds. The van der Waals surface area contributed by atoms with E-state index in [4.69, 9.17) is 0 Å². The lowest BCUT2D eigenvalue weighted by molar-refractivity contribution is 0.0951. The van der Waals surface area contributed by atoms with Gasteiger partial charge in [0.25, 0.3) is 11.5 Å². The van der Waals surface area contributed by atoms with Gasteiger partial charge in [0.1, 0.15) is 0 Å². The van der Waals surface area contributed by atoms with Gasteiger partial charge < -0.3 is 5.32 Å². The predicted molar refractivity (Wildman–Crippen MR) is 71.9 cm³/mol. The standard InChI is InChI=1S/C14H13F2N3O2/c1-9-7-17-8-19(14(9)21)5-4-18-13(20)10-2-3-11(15)12(16)6-10/h2-3,6-8H,4-5H2,1H3,(H,18,20). The van der Waals surface area contributed by atoms with Crippen molar-refractivity contribution < 1.29 is 13.6 Å². The van der Waals surface area contributed by atoms with Crippen molar-refractivity contribution in [3.05, 3.63) is 63.8 Å². The van der Waals surface area contributed by atoms with Crippen LogP contribution in [0.25, 0.3) is 0 Å². The largest absolute Gasteiger partial charge is 0.350 e. The molecule has 1 heterocycles. The smallest absolute Gasteiger partial charge is 0.256 e. The van der Waals surface area contributed by atoms with E-state index in [9.17, 15) is 18.4 Å². The SMILES string of the molecule is Cc1cncn(CCNC(=O)c2ccc(F)c(F)c2)c1=O. The molecular weight excluding hydrogens is 280 g/mol. The van der Waals surface area contributed by atoms with Crippen LogP contribution in [0.3, 0.4) is 0 Å². The van der Waals surface area contributed by atoms with Crippen LogP contribution in [0.15, 0.2) is 35.5 Å². The van der Waals surface area contributed by atoms with Crippen molar-refractivity contribution in [2.75, 3.05) is 6.54 Å². The summed E-state index contributed by atoms with van der Waals surface area (Å²) in [6.45, 7) is 2.05. The number of carbonyl (C=O) groups is 1. The van der Waals surface area contributed by atoms with Gasteiger partial charge in [-0.05, 0) is 25.1 Å². The number of nitrogens with one attached hydrogen (secondary N) is 1. The van der Waals surface area contributed by atoms with Crippen LogP contribution in [0.5, 0.6) is 0 Å². The van der Waals surface area contributed by atoms with Gasteiger partial charge in [-0.1, -0.05) is 0 Å². The maximum absolute atomic E-state index is 13.0. The Labute approximate surface area is 119 Å². The second-order valence-electron chi connectivity index (χ2n) is 4.46. The van der Waals surface area contributed by atoms with E-state index in [2.05, 4.69) is 10.3 Å². The van der Waals surface area contributed by atoms with Gasteiger partial charge in [-0.2, -0.15) is 0 Å². The average Bonchev–Trinajstić information content (AvgIpc) is 2.46. The van der Waals surface area contributed by atoms with E-state index in [0.717, 1.165) is 12.1 Å². The Morgan fingerprint density at radius 3 is 2.81 bits per heavy atom. The second-order valence-corrected chi connectivity index (χ2v) is 4.46. The third kappa shape index (κ3) is 3.50. The summed E-state index contributed by atoms with van der Waals surface area (Å²) < 4.78 is 27.1. The fraction of sp³-hybridized carbons (Fsp3) is 0.214.